The minimum absolute atomic E-state index is 0.0754. The van der Waals surface area contributed by atoms with Crippen LogP contribution in [0.15, 0.2) is 27.6 Å². The van der Waals surface area contributed by atoms with E-state index in [9.17, 15) is 4.79 Å². The smallest absolute Gasteiger partial charge is 0.252 e. The predicted molar refractivity (Wildman–Crippen MR) is 85.6 cm³/mol. The third kappa shape index (κ3) is 4.48. The van der Waals surface area contributed by atoms with E-state index in [-0.39, 0.29) is 11.9 Å². The van der Waals surface area contributed by atoms with Gasteiger partial charge >= 0.3 is 0 Å². The number of rotatable bonds is 4. The lowest BCUT2D eigenvalue weighted by atomic mass is 10.2. The SMILES string of the molecule is CC(CN1CCOCC1)NC(=O)c1cc(S)ccc1Br. The summed E-state index contributed by atoms with van der Waals surface area (Å²) in [6.07, 6.45) is 0. The van der Waals surface area contributed by atoms with E-state index in [1.54, 1.807) is 6.07 Å². The summed E-state index contributed by atoms with van der Waals surface area (Å²) in [6.45, 7) is 6.26. The highest BCUT2D eigenvalue weighted by Gasteiger charge is 2.17. The van der Waals surface area contributed by atoms with Gasteiger partial charge in [0.2, 0.25) is 0 Å². The summed E-state index contributed by atoms with van der Waals surface area (Å²) in [6, 6.07) is 5.55. The van der Waals surface area contributed by atoms with Crippen molar-refractivity contribution in [3.8, 4) is 0 Å². The van der Waals surface area contributed by atoms with Crippen molar-refractivity contribution in [2.45, 2.75) is 17.9 Å². The van der Waals surface area contributed by atoms with Crippen molar-refractivity contribution in [1.82, 2.24) is 10.2 Å². The normalized spacial score (nSPS) is 17.8. The van der Waals surface area contributed by atoms with Gasteiger partial charge in [-0.3, -0.25) is 9.69 Å². The number of nitrogens with one attached hydrogen (secondary N) is 1. The maximum atomic E-state index is 12.3. The first kappa shape index (κ1) is 15.8. The summed E-state index contributed by atoms with van der Waals surface area (Å²) in [4.78, 5) is 15.3. The van der Waals surface area contributed by atoms with E-state index in [4.69, 9.17) is 4.74 Å². The zero-order chi connectivity index (χ0) is 14.5. The molecule has 1 saturated heterocycles. The molecule has 4 nitrogen and oxygen atoms in total. The number of hydrogen-bond donors (Lipinski definition) is 2. The van der Waals surface area contributed by atoms with Crippen LogP contribution >= 0.6 is 28.6 Å². The van der Waals surface area contributed by atoms with Crippen LogP contribution in [0.4, 0.5) is 0 Å². The highest BCUT2D eigenvalue weighted by molar-refractivity contribution is 9.10. The largest absolute Gasteiger partial charge is 0.379 e. The van der Waals surface area contributed by atoms with Crippen molar-refractivity contribution in [3.05, 3.63) is 28.2 Å². The van der Waals surface area contributed by atoms with E-state index in [0.717, 1.165) is 42.2 Å². The number of amides is 1. The van der Waals surface area contributed by atoms with Gasteiger partial charge in [-0.25, -0.2) is 0 Å². The first-order valence-corrected chi connectivity index (χ1v) is 7.90. The van der Waals surface area contributed by atoms with Crippen molar-refractivity contribution in [3.63, 3.8) is 0 Å². The van der Waals surface area contributed by atoms with Crippen molar-refractivity contribution in [1.29, 1.82) is 0 Å². The number of ether oxygens (including phenoxy) is 1. The third-order valence-electron chi connectivity index (χ3n) is 3.21. The van der Waals surface area contributed by atoms with Crippen LogP contribution in [0.25, 0.3) is 0 Å². The summed E-state index contributed by atoms with van der Waals surface area (Å²) >= 11 is 7.67. The Labute approximate surface area is 133 Å². The molecule has 1 amide bonds. The van der Waals surface area contributed by atoms with Crippen molar-refractivity contribution in [2.75, 3.05) is 32.8 Å². The Kier molecular flexibility index (Phi) is 5.89. The molecule has 1 N–H and O–H groups in total. The van der Waals surface area contributed by atoms with Crippen LogP contribution in [0, 0.1) is 0 Å². The van der Waals surface area contributed by atoms with Gasteiger partial charge in [-0.05, 0) is 41.1 Å². The van der Waals surface area contributed by atoms with Crippen LogP contribution < -0.4 is 5.32 Å². The van der Waals surface area contributed by atoms with E-state index < -0.39 is 0 Å². The average Bonchev–Trinajstić information content (AvgIpc) is 2.42. The van der Waals surface area contributed by atoms with Crippen LogP contribution in [0.5, 0.6) is 0 Å². The summed E-state index contributed by atoms with van der Waals surface area (Å²) in [7, 11) is 0. The van der Waals surface area contributed by atoms with Crippen LogP contribution in [0.2, 0.25) is 0 Å². The molecule has 0 saturated carbocycles. The molecular formula is C14H19BrN2O2S. The Bertz CT molecular complexity index is 478. The third-order valence-corrected chi connectivity index (χ3v) is 4.18. The zero-order valence-corrected chi connectivity index (χ0v) is 13.9. The number of benzene rings is 1. The van der Waals surface area contributed by atoms with Gasteiger partial charge in [0.05, 0.1) is 18.8 Å². The lowest BCUT2D eigenvalue weighted by molar-refractivity contribution is 0.0342. The number of halogens is 1. The highest BCUT2D eigenvalue weighted by atomic mass is 79.9. The second kappa shape index (κ2) is 7.45. The number of thiol groups is 1. The highest BCUT2D eigenvalue weighted by Crippen LogP contribution is 2.20. The second-order valence-electron chi connectivity index (χ2n) is 4.95. The molecule has 1 heterocycles. The molecule has 1 aliphatic heterocycles. The first-order chi connectivity index (χ1) is 9.56. The molecule has 1 aromatic rings. The molecule has 0 aromatic heterocycles. The van der Waals surface area contributed by atoms with Gasteiger partial charge in [-0.15, -0.1) is 12.6 Å². The molecular weight excluding hydrogens is 340 g/mol. The molecule has 1 aromatic carbocycles. The van der Waals surface area contributed by atoms with E-state index in [1.807, 2.05) is 19.1 Å². The van der Waals surface area contributed by atoms with E-state index >= 15 is 0 Å². The molecule has 1 fully saturated rings. The topological polar surface area (TPSA) is 41.6 Å². The number of morpholine rings is 1. The summed E-state index contributed by atoms with van der Waals surface area (Å²) in [5.41, 5.74) is 0.617. The van der Waals surface area contributed by atoms with Crippen LogP contribution in [-0.4, -0.2) is 49.7 Å². The quantitative estimate of drug-likeness (QED) is 0.810. The molecule has 1 aliphatic rings. The molecule has 1 atom stereocenters. The molecule has 110 valence electrons. The molecule has 0 bridgehead atoms. The first-order valence-electron chi connectivity index (χ1n) is 6.66. The summed E-state index contributed by atoms with van der Waals surface area (Å²) in [5, 5.41) is 3.03. The van der Waals surface area contributed by atoms with Gasteiger partial charge in [-0.2, -0.15) is 0 Å². The standard InChI is InChI=1S/C14H19BrN2O2S/c1-10(9-17-4-6-19-7-5-17)16-14(18)12-8-11(20)2-3-13(12)15/h2-3,8,10,20H,4-7,9H2,1H3,(H,16,18). The molecule has 6 heteroatoms. The number of nitrogens with zero attached hydrogens (tertiary/aromatic N) is 1. The maximum Gasteiger partial charge on any atom is 0.252 e. The van der Waals surface area contributed by atoms with Gasteiger partial charge in [0.1, 0.15) is 0 Å². The molecule has 0 spiro atoms. The maximum absolute atomic E-state index is 12.3. The van der Waals surface area contributed by atoms with Crippen LogP contribution in [-0.2, 0) is 4.74 Å². The second-order valence-corrected chi connectivity index (χ2v) is 6.32. The number of carbonyl (C=O) groups is 1. The van der Waals surface area contributed by atoms with Crippen molar-refractivity contribution in [2.24, 2.45) is 0 Å². The van der Waals surface area contributed by atoms with Crippen molar-refractivity contribution < 1.29 is 9.53 Å². The van der Waals surface area contributed by atoms with Gasteiger partial charge in [0.15, 0.2) is 0 Å². The monoisotopic (exact) mass is 358 g/mol. The fraction of sp³-hybridized carbons (Fsp3) is 0.500. The zero-order valence-electron chi connectivity index (χ0n) is 11.4. The Hall–Kier alpha value is -0.560. The van der Waals surface area contributed by atoms with Gasteiger partial charge in [0, 0.05) is 35.0 Å². The van der Waals surface area contributed by atoms with Gasteiger partial charge in [-0.1, -0.05) is 0 Å². The van der Waals surface area contributed by atoms with Crippen LogP contribution in [0.3, 0.4) is 0 Å². The summed E-state index contributed by atoms with van der Waals surface area (Å²) < 4.78 is 6.10. The van der Waals surface area contributed by atoms with Crippen molar-refractivity contribution >= 4 is 34.5 Å². The fourth-order valence-electron chi connectivity index (χ4n) is 2.21. The minimum atomic E-state index is -0.0754. The number of hydrogen-bond acceptors (Lipinski definition) is 4. The van der Waals surface area contributed by atoms with E-state index in [0.29, 0.717) is 5.56 Å². The van der Waals surface area contributed by atoms with E-state index in [1.165, 1.54) is 0 Å². The molecule has 0 aliphatic carbocycles. The lowest BCUT2D eigenvalue weighted by Gasteiger charge is -2.29. The molecule has 2 rings (SSSR count). The Morgan fingerprint density at radius 2 is 2.20 bits per heavy atom. The molecule has 1 unspecified atom stereocenters. The molecule has 20 heavy (non-hydrogen) atoms. The lowest BCUT2D eigenvalue weighted by Crippen LogP contribution is -2.46. The minimum Gasteiger partial charge on any atom is -0.379 e. The Morgan fingerprint density at radius 1 is 1.50 bits per heavy atom. The summed E-state index contributed by atoms with van der Waals surface area (Å²) in [5.74, 6) is -0.0754. The Morgan fingerprint density at radius 3 is 2.90 bits per heavy atom. The van der Waals surface area contributed by atoms with Gasteiger partial charge < -0.3 is 10.1 Å². The molecule has 0 radical (unpaired) electrons. The van der Waals surface area contributed by atoms with Gasteiger partial charge in [0.25, 0.3) is 5.91 Å². The average molecular weight is 359 g/mol. The van der Waals surface area contributed by atoms with Crippen LogP contribution in [0.1, 0.15) is 17.3 Å². The number of carbonyl (C=O) groups excluding carboxylic acids is 1. The fourth-order valence-corrected chi connectivity index (χ4v) is 2.84. The van der Waals surface area contributed by atoms with E-state index in [2.05, 4.69) is 38.8 Å². The predicted octanol–water partition coefficient (Wildman–Crippen LogP) is 2.19. The Balaban J connectivity index is 1.91.